The molecular weight excluding hydrogens is 258 g/mol. The summed E-state index contributed by atoms with van der Waals surface area (Å²) < 4.78 is 0. The van der Waals surface area contributed by atoms with Crippen LogP contribution < -0.4 is 9.88 Å². The molecule has 17 heavy (non-hydrogen) atoms. The third-order valence-corrected chi connectivity index (χ3v) is 3.34. The second kappa shape index (κ2) is 5.16. The first-order valence-corrected chi connectivity index (χ1v) is 6.07. The SMILES string of the molecule is CN(/N=C/c1sc(=O)[nH]c1Cl)c1ccccc1. The van der Waals surface area contributed by atoms with Crippen LogP contribution in [-0.2, 0) is 0 Å². The Morgan fingerprint density at radius 3 is 2.71 bits per heavy atom. The van der Waals surface area contributed by atoms with Crippen LogP contribution in [0.5, 0.6) is 0 Å². The van der Waals surface area contributed by atoms with Crippen molar-refractivity contribution in [1.29, 1.82) is 0 Å². The van der Waals surface area contributed by atoms with Gasteiger partial charge in [0.05, 0.1) is 16.8 Å². The zero-order chi connectivity index (χ0) is 12.3. The fourth-order valence-corrected chi connectivity index (χ4v) is 2.15. The van der Waals surface area contributed by atoms with Gasteiger partial charge < -0.3 is 4.98 Å². The number of halogens is 1. The van der Waals surface area contributed by atoms with E-state index in [1.54, 1.807) is 11.2 Å². The second-order valence-electron chi connectivity index (χ2n) is 3.30. The van der Waals surface area contributed by atoms with Crippen LogP contribution in [0.3, 0.4) is 0 Å². The number of benzene rings is 1. The molecule has 0 atom stereocenters. The summed E-state index contributed by atoms with van der Waals surface area (Å²) in [5, 5.41) is 6.25. The molecule has 0 aliphatic carbocycles. The van der Waals surface area contributed by atoms with Crippen molar-refractivity contribution < 1.29 is 0 Å². The topological polar surface area (TPSA) is 48.5 Å². The van der Waals surface area contributed by atoms with Gasteiger partial charge in [-0.1, -0.05) is 41.1 Å². The van der Waals surface area contributed by atoms with Crippen LogP contribution in [0.1, 0.15) is 4.88 Å². The first kappa shape index (κ1) is 11.9. The van der Waals surface area contributed by atoms with Gasteiger partial charge in [-0.15, -0.1) is 0 Å². The quantitative estimate of drug-likeness (QED) is 0.686. The van der Waals surface area contributed by atoms with Crippen LogP contribution in [0.25, 0.3) is 0 Å². The Bertz CT molecular complexity index is 576. The molecule has 0 saturated heterocycles. The maximum atomic E-state index is 11.0. The lowest BCUT2D eigenvalue weighted by molar-refractivity contribution is 1.02. The van der Waals surface area contributed by atoms with Crippen molar-refractivity contribution in [2.45, 2.75) is 0 Å². The zero-order valence-electron chi connectivity index (χ0n) is 9.05. The van der Waals surface area contributed by atoms with Crippen LogP contribution in [0, 0.1) is 0 Å². The summed E-state index contributed by atoms with van der Waals surface area (Å²) in [7, 11) is 1.83. The Morgan fingerprint density at radius 1 is 1.41 bits per heavy atom. The number of rotatable bonds is 3. The number of nitrogens with zero attached hydrogens (tertiary/aromatic N) is 2. The summed E-state index contributed by atoms with van der Waals surface area (Å²) in [6.45, 7) is 0. The largest absolute Gasteiger partial charge is 0.306 e. The molecule has 0 unspecified atom stereocenters. The van der Waals surface area contributed by atoms with Crippen LogP contribution in [0.4, 0.5) is 5.69 Å². The molecule has 88 valence electrons. The summed E-state index contributed by atoms with van der Waals surface area (Å²) in [5.74, 6) is 0. The average molecular weight is 268 g/mol. The van der Waals surface area contributed by atoms with Gasteiger partial charge in [0.2, 0.25) is 0 Å². The van der Waals surface area contributed by atoms with Gasteiger partial charge in [-0.25, -0.2) is 0 Å². The highest BCUT2D eigenvalue weighted by molar-refractivity contribution is 7.11. The third-order valence-electron chi connectivity index (χ3n) is 2.11. The van der Waals surface area contributed by atoms with E-state index < -0.39 is 0 Å². The number of aromatic nitrogens is 1. The number of nitrogens with one attached hydrogen (secondary N) is 1. The lowest BCUT2D eigenvalue weighted by atomic mass is 10.3. The molecule has 1 aromatic heterocycles. The molecule has 0 radical (unpaired) electrons. The summed E-state index contributed by atoms with van der Waals surface area (Å²) in [5.41, 5.74) is 0.961. The molecule has 6 heteroatoms. The van der Waals surface area contributed by atoms with Crippen molar-refractivity contribution in [1.82, 2.24) is 4.98 Å². The Balaban J connectivity index is 2.16. The molecule has 2 aromatic rings. The predicted octanol–water partition coefficient (Wildman–Crippen LogP) is 2.56. The van der Waals surface area contributed by atoms with E-state index in [-0.39, 0.29) is 4.87 Å². The van der Waals surface area contributed by atoms with Crippen molar-refractivity contribution in [3.05, 3.63) is 50.0 Å². The zero-order valence-corrected chi connectivity index (χ0v) is 10.6. The molecule has 1 N–H and O–H groups in total. The number of thiazole rings is 1. The van der Waals surface area contributed by atoms with Crippen molar-refractivity contribution in [3.8, 4) is 0 Å². The van der Waals surface area contributed by atoms with Crippen LogP contribution in [0.15, 0.2) is 40.2 Å². The van der Waals surface area contributed by atoms with E-state index in [9.17, 15) is 4.79 Å². The maximum Gasteiger partial charge on any atom is 0.306 e. The number of hydrogen-bond acceptors (Lipinski definition) is 4. The minimum Gasteiger partial charge on any atom is -0.303 e. The molecule has 0 aliphatic rings. The average Bonchev–Trinajstić information content (AvgIpc) is 2.66. The van der Waals surface area contributed by atoms with E-state index in [2.05, 4.69) is 10.1 Å². The maximum absolute atomic E-state index is 11.0. The van der Waals surface area contributed by atoms with Crippen molar-refractivity contribution in [3.63, 3.8) is 0 Å². The number of H-pyrrole nitrogens is 1. The molecule has 0 spiro atoms. The third kappa shape index (κ3) is 2.95. The summed E-state index contributed by atoms with van der Waals surface area (Å²) in [4.78, 5) is 14.0. The first-order valence-electron chi connectivity index (χ1n) is 4.88. The van der Waals surface area contributed by atoms with E-state index >= 15 is 0 Å². The lowest BCUT2D eigenvalue weighted by Gasteiger charge is -2.11. The van der Waals surface area contributed by atoms with Gasteiger partial charge in [-0.2, -0.15) is 5.10 Å². The van der Waals surface area contributed by atoms with Gasteiger partial charge in [0.25, 0.3) is 0 Å². The number of aromatic amines is 1. The molecule has 1 aromatic carbocycles. The molecule has 4 nitrogen and oxygen atoms in total. The Labute approximate surface area is 107 Å². The van der Waals surface area contributed by atoms with Gasteiger partial charge in [-0.3, -0.25) is 9.80 Å². The molecule has 0 fully saturated rings. The molecule has 0 amide bonds. The van der Waals surface area contributed by atoms with Gasteiger partial charge in [-0.05, 0) is 12.1 Å². The Kier molecular flexibility index (Phi) is 3.61. The molecule has 0 bridgehead atoms. The van der Waals surface area contributed by atoms with E-state index in [4.69, 9.17) is 11.6 Å². The van der Waals surface area contributed by atoms with E-state index in [0.29, 0.717) is 10.0 Å². The minimum atomic E-state index is -0.182. The highest BCUT2D eigenvalue weighted by Gasteiger charge is 2.03. The molecular formula is C11H10ClN3OS. The molecule has 0 aliphatic heterocycles. The van der Waals surface area contributed by atoms with Gasteiger partial charge in [0.1, 0.15) is 5.15 Å². The van der Waals surface area contributed by atoms with Crippen molar-refractivity contribution in [2.75, 3.05) is 12.1 Å². The predicted molar refractivity (Wildman–Crippen MR) is 72.4 cm³/mol. The smallest absolute Gasteiger partial charge is 0.303 e. The number of para-hydroxylation sites is 1. The Morgan fingerprint density at radius 2 is 2.12 bits per heavy atom. The standard InChI is InChI=1S/C11H10ClN3OS/c1-15(8-5-3-2-4-6-8)13-7-9-10(12)14-11(16)17-9/h2-7H,1H3,(H,14,16)/b13-7+. The molecule has 1 heterocycles. The summed E-state index contributed by atoms with van der Waals surface area (Å²) >= 11 is 6.85. The van der Waals surface area contributed by atoms with E-state index in [0.717, 1.165) is 17.0 Å². The minimum absolute atomic E-state index is 0.182. The van der Waals surface area contributed by atoms with Crippen LogP contribution in [-0.4, -0.2) is 18.2 Å². The second-order valence-corrected chi connectivity index (χ2v) is 4.69. The van der Waals surface area contributed by atoms with E-state index in [1.807, 2.05) is 37.4 Å². The normalized spacial score (nSPS) is 10.9. The number of hydrogen-bond donors (Lipinski definition) is 1. The number of anilines is 1. The van der Waals surface area contributed by atoms with Gasteiger partial charge in [0.15, 0.2) is 0 Å². The van der Waals surface area contributed by atoms with Gasteiger partial charge in [0, 0.05) is 7.05 Å². The molecule has 2 rings (SSSR count). The molecule has 0 saturated carbocycles. The lowest BCUT2D eigenvalue weighted by Crippen LogP contribution is -2.08. The van der Waals surface area contributed by atoms with E-state index in [1.165, 1.54) is 0 Å². The highest BCUT2D eigenvalue weighted by atomic mass is 35.5. The van der Waals surface area contributed by atoms with Gasteiger partial charge >= 0.3 is 4.87 Å². The van der Waals surface area contributed by atoms with Crippen molar-refractivity contribution >= 4 is 34.8 Å². The first-order chi connectivity index (χ1) is 8.16. The monoisotopic (exact) mass is 267 g/mol. The van der Waals surface area contributed by atoms with Crippen molar-refractivity contribution in [2.24, 2.45) is 5.10 Å². The van der Waals surface area contributed by atoms with Crippen LogP contribution >= 0.6 is 22.9 Å². The fourth-order valence-electron chi connectivity index (χ4n) is 1.25. The summed E-state index contributed by atoms with van der Waals surface area (Å²) in [6, 6.07) is 9.69. The fraction of sp³-hybridized carbons (Fsp3) is 0.0909. The van der Waals surface area contributed by atoms with Crippen LogP contribution in [0.2, 0.25) is 5.15 Å². The number of hydrazone groups is 1. The highest BCUT2D eigenvalue weighted by Crippen LogP contribution is 2.14. The summed E-state index contributed by atoms with van der Waals surface area (Å²) in [6.07, 6.45) is 1.57. The Hall–Kier alpha value is -1.59.